The minimum atomic E-state index is -1.23. The largest absolute Gasteiger partial charge is 0.496 e. The Kier molecular flexibility index (Phi) is 16.9. The molecule has 2 fully saturated rings. The summed E-state index contributed by atoms with van der Waals surface area (Å²) in [4.78, 5) is 85.9. The third-order valence-corrected chi connectivity index (χ3v) is 14.1. The van der Waals surface area contributed by atoms with Crippen LogP contribution in [-0.2, 0) is 64.0 Å². The van der Waals surface area contributed by atoms with E-state index < -0.39 is 53.2 Å². The van der Waals surface area contributed by atoms with Gasteiger partial charge in [-0.3, -0.25) is 33.8 Å². The van der Waals surface area contributed by atoms with Crippen molar-refractivity contribution < 1.29 is 47.7 Å². The van der Waals surface area contributed by atoms with Crippen LogP contribution in [0.15, 0.2) is 67.3 Å². The summed E-state index contributed by atoms with van der Waals surface area (Å²) in [6.45, 7) is 15.1. The van der Waals surface area contributed by atoms with Gasteiger partial charge in [0.25, 0.3) is 5.91 Å². The van der Waals surface area contributed by atoms with Gasteiger partial charge in [-0.15, -0.1) is 0 Å². The molecule has 17 heteroatoms. The highest BCUT2D eigenvalue weighted by Gasteiger charge is 2.40. The number of likely N-dealkylation sites (N-methyl/N-ethyl adjacent to an activating group) is 1. The van der Waals surface area contributed by atoms with Gasteiger partial charge in [-0.25, -0.2) is 5.43 Å². The lowest BCUT2D eigenvalue weighted by Gasteiger charge is -2.37. The second-order valence-electron chi connectivity index (χ2n) is 20.2. The Labute approximate surface area is 422 Å². The number of carbonyl (C=O) groups excluding carboxylic acids is 6. The zero-order valence-electron chi connectivity index (χ0n) is 43.0. The molecular formula is C55H71N7O10. The summed E-state index contributed by atoms with van der Waals surface area (Å²) < 4.78 is 25.9. The van der Waals surface area contributed by atoms with E-state index in [-0.39, 0.29) is 56.1 Å². The lowest BCUT2D eigenvalue weighted by atomic mass is 9.83. The number of amides is 4. The van der Waals surface area contributed by atoms with Gasteiger partial charge in [0.15, 0.2) is 0 Å². The van der Waals surface area contributed by atoms with Crippen molar-refractivity contribution in [3.8, 4) is 33.9 Å². The molecule has 17 nitrogen and oxygen atoms in total. The number of cyclic esters (lactones) is 1. The molecule has 6 bridgehead atoms. The van der Waals surface area contributed by atoms with Gasteiger partial charge >= 0.3 is 11.9 Å². The third kappa shape index (κ3) is 11.5. The molecule has 0 aliphatic carbocycles. The van der Waals surface area contributed by atoms with E-state index in [1.165, 1.54) is 16.0 Å². The number of fused-ring (bicyclic) bond motifs is 6. The lowest BCUT2D eigenvalue weighted by Crippen LogP contribution is -2.62. The van der Waals surface area contributed by atoms with E-state index >= 15 is 0 Å². The topological polar surface area (TPSA) is 204 Å². The molecule has 72 heavy (non-hydrogen) atoms. The number of aromatic nitrogens is 1. The minimum absolute atomic E-state index is 0.0707. The molecule has 4 heterocycles. The molecule has 7 rings (SSSR count). The van der Waals surface area contributed by atoms with Gasteiger partial charge in [0.05, 0.1) is 38.5 Å². The van der Waals surface area contributed by atoms with E-state index in [9.17, 15) is 28.8 Å². The van der Waals surface area contributed by atoms with Crippen molar-refractivity contribution >= 4 is 46.5 Å². The van der Waals surface area contributed by atoms with Gasteiger partial charge in [0.2, 0.25) is 17.7 Å². The molecule has 3 aliphatic heterocycles. The van der Waals surface area contributed by atoms with Crippen LogP contribution in [-0.4, -0.2) is 134 Å². The van der Waals surface area contributed by atoms with Crippen molar-refractivity contribution in [3.05, 3.63) is 83.9 Å². The zero-order valence-corrected chi connectivity index (χ0v) is 43.0. The average Bonchev–Trinajstić information content (AvgIpc) is 3.98. The number of nitrogens with one attached hydrogen (secondary N) is 2. The monoisotopic (exact) mass is 990 g/mol. The number of carbonyl (C=O) groups is 6. The first-order chi connectivity index (χ1) is 34.4. The molecule has 0 saturated carbocycles. The lowest BCUT2D eigenvalue weighted by molar-refractivity contribution is -0.155. The van der Waals surface area contributed by atoms with Crippen LogP contribution in [0, 0.1) is 17.3 Å². The highest BCUT2D eigenvalue weighted by atomic mass is 16.5. The number of nitrogens with zero attached hydrogens (tertiary/aromatic N) is 4. The molecule has 386 valence electrons. The molecule has 4 atom stereocenters. The Balaban J connectivity index is 1.37. The third-order valence-electron chi connectivity index (χ3n) is 14.1. The first-order valence-electron chi connectivity index (χ1n) is 25.0. The van der Waals surface area contributed by atoms with Crippen LogP contribution >= 0.6 is 0 Å². The van der Waals surface area contributed by atoms with Crippen molar-refractivity contribution in [1.29, 1.82) is 0 Å². The van der Waals surface area contributed by atoms with E-state index in [4.69, 9.17) is 24.7 Å². The Morgan fingerprint density at radius 3 is 2.51 bits per heavy atom. The predicted octanol–water partition coefficient (Wildman–Crippen LogP) is 5.22. The normalized spacial score (nSPS) is 19.6. The summed E-state index contributed by atoms with van der Waals surface area (Å²) in [7, 11) is 4.92. The van der Waals surface area contributed by atoms with E-state index in [0.717, 1.165) is 38.9 Å². The Morgan fingerprint density at radius 1 is 1.04 bits per heavy atom. The van der Waals surface area contributed by atoms with Gasteiger partial charge in [-0.1, -0.05) is 58.5 Å². The van der Waals surface area contributed by atoms with E-state index in [1.807, 2.05) is 38.1 Å². The van der Waals surface area contributed by atoms with Gasteiger partial charge in [-0.2, -0.15) is 0 Å². The van der Waals surface area contributed by atoms with Crippen LogP contribution in [0.2, 0.25) is 0 Å². The second-order valence-corrected chi connectivity index (χ2v) is 20.2. The van der Waals surface area contributed by atoms with Gasteiger partial charge < -0.3 is 44.4 Å². The molecule has 0 spiro atoms. The summed E-state index contributed by atoms with van der Waals surface area (Å²) >= 11 is 0. The van der Waals surface area contributed by atoms with Crippen molar-refractivity contribution in [2.75, 3.05) is 60.7 Å². The summed E-state index contributed by atoms with van der Waals surface area (Å²) in [5, 5.41) is 5.33. The number of likely N-dealkylation sites (tertiary alicyclic amines) is 1. The Hall–Kier alpha value is -6.56. The summed E-state index contributed by atoms with van der Waals surface area (Å²) in [6, 6.07) is 14.5. The molecule has 0 radical (unpaired) electrons. The van der Waals surface area contributed by atoms with Crippen LogP contribution in [0.5, 0.6) is 11.5 Å². The minimum Gasteiger partial charge on any atom is -0.496 e. The molecule has 1 aromatic heterocycles. The maximum atomic E-state index is 14.9. The zero-order chi connectivity index (χ0) is 52.0. The summed E-state index contributed by atoms with van der Waals surface area (Å²) in [5.41, 5.74) is 15.3. The number of hydrogen-bond donors (Lipinski definition) is 3. The fourth-order valence-electron chi connectivity index (χ4n) is 10.5. The first-order valence-corrected chi connectivity index (χ1v) is 25.0. The number of esters is 2. The van der Waals surface area contributed by atoms with Gasteiger partial charge in [0.1, 0.15) is 29.6 Å². The van der Waals surface area contributed by atoms with Gasteiger partial charge in [0, 0.05) is 68.6 Å². The predicted molar refractivity (Wildman–Crippen MR) is 274 cm³/mol. The smallest absolute Gasteiger partial charge is 0.325 e. The maximum absolute atomic E-state index is 14.9. The number of methoxy groups -OCH3 is 2. The summed E-state index contributed by atoms with van der Waals surface area (Å²) in [6.07, 6.45) is 3.60. The standard InChI is InChI=1S/C55H71N7O10/c1-10-46(63)60-22-19-37(31-60)52(66)59(7)49(33(3)4)51(65)57-43-26-34-24-38(27-39(25-34)72-47(64)30-56)36-17-18-44-40(28-36)41(29-55(5,6)32-71-54(68)42-15-13-21-62(58-42)53(43)67)50(61(44)11-2)48-35(20-23-69-8)14-12-16-45(48)70-9/h10,12,14,16-18,24-25,27-28,33,37,42-43,49,58H,1,11,13,15,19-23,26,29-32,56H2,2-9H3,(H,57,65)/t37-,42-,43-,49-/m0/s1. The molecule has 3 aliphatic rings. The van der Waals surface area contributed by atoms with E-state index in [1.54, 1.807) is 38.3 Å². The average molecular weight is 990 g/mol. The molecule has 4 N–H and O–H groups in total. The van der Waals surface area contributed by atoms with Crippen molar-refractivity contribution in [2.24, 2.45) is 23.0 Å². The number of rotatable bonds is 14. The number of ether oxygens (including phenoxy) is 4. The van der Waals surface area contributed by atoms with Crippen LogP contribution in [0.1, 0.15) is 70.6 Å². The number of aryl methyl sites for hydroxylation is 1. The SMILES string of the molecule is C=CC(=O)N1CC[C@H](C(=O)N(C)[C@H](C(=O)N[C@H]2Cc3cc(OC(=O)CN)cc(c3)-c3ccc4c(c3)c(c(-c3c(CCOC)cccc3OC)n4CC)CC(C)(C)COC(=O)[C@@H]3CCCN(N3)C2=O)C(C)C)C1. The first kappa shape index (κ1) is 53.2. The fraction of sp³-hybridized carbons (Fsp3) is 0.491. The number of nitrogens with two attached hydrogens (primary N) is 1. The maximum Gasteiger partial charge on any atom is 0.325 e. The Morgan fingerprint density at radius 2 is 1.82 bits per heavy atom. The van der Waals surface area contributed by atoms with E-state index in [0.29, 0.717) is 68.7 Å². The Bertz CT molecular complexity index is 2710. The van der Waals surface area contributed by atoms with Crippen LogP contribution < -0.4 is 25.9 Å². The number of benzene rings is 3. The molecule has 0 unspecified atom stereocenters. The molecule has 4 aromatic rings. The van der Waals surface area contributed by atoms with Crippen molar-refractivity contribution in [2.45, 2.75) is 97.8 Å². The highest BCUT2D eigenvalue weighted by Crippen LogP contribution is 2.44. The summed E-state index contributed by atoms with van der Waals surface area (Å²) in [5.74, 6) is -2.81. The molecule has 3 aromatic carbocycles. The second kappa shape index (κ2) is 22.9. The van der Waals surface area contributed by atoms with Crippen LogP contribution in [0.4, 0.5) is 0 Å². The quantitative estimate of drug-likeness (QED) is 0.0846. The number of hydrogen-bond acceptors (Lipinski definition) is 12. The van der Waals surface area contributed by atoms with Crippen molar-refractivity contribution in [1.82, 2.24) is 30.1 Å². The number of hydrazine groups is 1. The van der Waals surface area contributed by atoms with Crippen LogP contribution in [0.25, 0.3) is 33.3 Å². The van der Waals surface area contributed by atoms with E-state index in [2.05, 4.69) is 60.9 Å². The molecule has 4 amide bonds. The van der Waals surface area contributed by atoms with Crippen molar-refractivity contribution in [3.63, 3.8) is 0 Å². The fourth-order valence-corrected chi connectivity index (χ4v) is 10.5. The molecular weight excluding hydrogens is 919 g/mol. The highest BCUT2D eigenvalue weighted by molar-refractivity contribution is 5.97. The molecule has 2 saturated heterocycles. The van der Waals surface area contributed by atoms with Gasteiger partial charge in [-0.05, 0) is 109 Å². The van der Waals surface area contributed by atoms with Crippen LogP contribution in [0.3, 0.4) is 0 Å².